The predicted molar refractivity (Wildman–Crippen MR) is 61.6 cm³/mol. The highest BCUT2D eigenvalue weighted by Crippen LogP contribution is 2.28. The molecule has 2 heteroatoms. The summed E-state index contributed by atoms with van der Waals surface area (Å²) in [5.41, 5.74) is 0.00570. The van der Waals surface area contributed by atoms with Gasteiger partial charge >= 0.3 is 5.97 Å². The lowest BCUT2D eigenvalue weighted by Crippen LogP contribution is -2.31. The van der Waals surface area contributed by atoms with E-state index in [1.807, 2.05) is 6.92 Å². The van der Waals surface area contributed by atoms with E-state index in [2.05, 4.69) is 20.8 Å². The fourth-order valence-corrected chi connectivity index (χ4v) is 1.80. The van der Waals surface area contributed by atoms with E-state index in [4.69, 9.17) is 4.74 Å². The molecule has 0 aromatic carbocycles. The molecule has 1 atom stereocenters. The van der Waals surface area contributed by atoms with Crippen LogP contribution in [0.3, 0.4) is 0 Å². The van der Waals surface area contributed by atoms with Crippen LogP contribution in [0.2, 0.25) is 0 Å². The molecule has 0 amide bonds. The molecule has 0 aromatic rings. The molecule has 1 fully saturated rings. The van der Waals surface area contributed by atoms with E-state index < -0.39 is 0 Å². The molecule has 15 heavy (non-hydrogen) atoms. The van der Waals surface area contributed by atoms with Crippen molar-refractivity contribution < 1.29 is 9.53 Å². The van der Waals surface area contributed by atoms with Gasteiger partial charge in [0.15, 0.2) is 0 Å². The summed E-state index contributed by atoms with van der Waals surface area (Å²) in [4.78, 5) is 11.8. The molecule has 1 saturated carbocycles. The summed E-state index contributed by atoms with van der Waals surface area (Å²) < 4.78 is 5.54. The van der Waals surface area contributed by atoms with Gasteiger partial charge in [-0.25, -0.2) is 0 Å². The van der Waals surface area contributed by atoms with Crippen molar-refractivity contribution in [2.75, 3.05) is 0 Å². The van der Waals surface area contributed by atoms with Gasteiger partial charge in [-0.15, -0.1) is 0 Å². The number of rotatable bonds is 2. The average Bonchev–Trinajstić information content (AvgIpc) is 2.16. The van der Waals surface area contributed by atoms with Crippen molar-refractivity contribution >= 4 is 5.97 Å². The second kappa shape index (κ2) is 5.00. The van der Waals surface area contributed by atoms with E-state index in [0.29, 0.717) is 0 Å². The normalized spacial score (nSPS) is 21.1. The van der Waals surface area contributed by atoms with Gasteiger partial charge < -0.3 is 4.74 Å². The molecule has 1 unspecified atom stereocenters. The Labute approximate surface area is 93.4 Å². The first-order valence-corrected chi connectivity index (χ1v) is 6.12. The minimum absolute atomic E-state index is 0.00570. The van der Waals surface area contributed by atoms with Gasteiger partial charge in [-0.05, 0) is 31.1 Å². The second-order valence-electron chi connectivity index (χ2n) is 5.78. The Balaban J connectivity index is 2.40. The van der Waals surface area contributed by atoms with Gasteiger partial charge in [0.1, 0.15) is 6.10 Å². The fourth-order valence-electron chi connectivity index (χ4n) is 1.80. The van der Waals surface area contributed by atoms with E-state index in [1.54, 1.807) is 0 Å². The number of carbonyl (C=O) groups is 1. The number of hydrogen-bond acceptors (Lipinski definition) is 2. The molecule has 0 aliphatic heterocycles. The summed E-state index contributed by atoms with van der Waals surface area (Å²) in [5, 5.41) is 0. The van der Waals surface area contributed by atoms with E-state index in [1.165, 1.54) is 19.3 Å². The summed E-state index contributed by atoms with van der Waals surface area (Å²) in [6, 6.07) is 0. The van der Waals surface area contributed by atoms with Crippen LogP contribution in [0, 0.1) is 11.3 Å². The average molecular weight is 212 g/mol. The minimum atomic E-state index is -0.0191. The quantitative estimate of drug-likeness (QED) is 0.654. The van der Waals surface area contributed by atoms with Crippen molar-refractivity contribution in [3.8, 4) is 0 Å². The van der Waals surface area contributed by atoms with Gasteiger partial charge in [0.2, 0.25) is 0 Å². The maximum atomic E-state index is 11.8. The van der Waals surface area contributed by atoms with Gasteiger partial charge in [0.25, 0.3) is 0 Å². The van der Waals surface area contributed by atoms with E-state index >= 15 is 0 Å². The Kier molecular flexibility index (Phi) is 4.18. The van der Waals surface area contributed by atoms with E-state index in [9.17, 15) is 4.79 Å². The molecule has 0 N–H and O–H groups in total. The largest absolute Gasteiger partial charge is 0.462 e. The first-order chi connectivity index (χ1) is 6.91. The summed E-state index contributed by atoms with van der Waals surface area (Å²) in [7, 11) is 0. The first-order valence-electron chi connectivity index (χ1n) is 6.12. The Hall–Kier alpha value is -0.530. The fraction of sp³-hybridized carbons (Fsp3) is 0.923. The number of ether oxygens (including phenoxy) is 1. The van der Waals surface area contributed by atoms with Gasteiger partial charge in [-0.1, -0.05) is 34.1 Å². The lowest BCUT2D eigenvalue weighted by atomic mass is 9.82. The SMILES string of the molecule is CC(C(=O)OC1CCCCC1)C(C)(C)C. The van der Waals surface area contributed by atoms with Crippen LogP contribution in [-0.4, -0.2) is 12.1 Å². The molecule has 2 nitrogen and oxygen atoms in total. The standard InChI is InChI=1S/C13H24O2/c1-10(13(2,3)4)12(14)15-11-8-6-5-7-9-11/h10-11H,5-9H2,1-4H3. The number of hydrogen-bond donors (Lipinski definition) is 0. The maximum Gasteiger partial charge on any atom is 0.309 e. The molecule has 1 rings (SSSR count). The zero-order chi connectivity index (χ0) is 11.5. The van der Waals surface area contributed by atoms with E-state index in [-0.39, 0.29) is 23.4 Å². The highest BCUT2D eigenvalue weighted by Gasteiger charge is 2.30. The van der Waals surface area contributed by atoms with Crippen molar-refractivity contribution in [3.05, 3.63) is 0 Å². The third-order valence-corrected chi connectivity index (χ3v) is 3.49. The molecule has 0 aromatic heterocycles. The monoisotopic (exact) mass is 212 g/mol. The van der Waals surface area contributed by atoms with Crippen molar-refractivity contribution in [2.24, 2.45) is 11.3 Å². The number of carbonyl (C=O) groups excluding carboxylic acids is 1. The molecular weight excluding hydrogens is 188 g/mol. The Morgan fingerprint density at radius 1 is 1.20 bits per heavy atom. The predicted octanol–water partition coefficient (Wildman–Crippen LogP) is 3.54. The molecular formula is C13H24O2. The molecule has 88 valence electrons. The van der Waals surface area contributed by atoms with E-state index in [0.717, 1.165) is 12.8 Å². The van der Waals surface area contributed by atoms with Crippen LogP contribution >= 0.6 is 0 Å². The molecule has 1 aliphatic rings. The minimum Gasteiger partial charge on any atom is -0.462 e. The van der Waals surface area contributed by atoms with Crippen molar-refractivity contribution in [1.29, 1.82) is 0 Å². The summed E-state index contributed by atoms with van der Waals surface area (Å²) in [5.74, 6) is -0.0335. The highest BCUT2D eigenvalue weighted by molar-refractivity contribution is 5.73. The van der Waals surface area contributed by atoms with Crippen LogP contribution < -0.4 is 0 Å². The topological polar surface area (TPSA) is 26.3 Å². The Bertz CT molecular complexity index is 209. The smallest absolute Gasteiger partial charge is 0.309 e. The highest BCUT2D eigenvalue weighted by atomic mass is 16.5. The van der Waals surface area contributed by atoms with Crippen LogP contribution in [0.1, 0.15) is 59.8 Å². The Morgan fingerprint density at radius 3 is 2.20 bits per heavy atom. The van der Waals surface area contributed by atoms with Gasteiger partial charge in [0, 0.05) is 0 Å². The van der Waals surface area contributed by atoms with Crippen LogP contribution in [0.25, 0.3) is 0 Å². The van der Waals surface area contributed by atoms with Crippen LogP contribution in [0.5, 0.6) is 0 Å². The zero-order valence-corrected chi connectivity index (χ0v) is 10.5. The molecule has 0 spiro atoms. The third-order valence-electron chi connectivity index (χ3n) is 3.49. The third kappa shape index (κ3) is 3.84. The molecule has 0 saturated heterocycles. The Morgan fingerprint density at radius 2 is 1.73 bits per heavy atom. The number of esters is 1. The lowest BCUT2D eigenvalue weighted by molar-refractivity contribution is -0.158. The second-order valence-corrected chi connectivity index (χ2v) is 5.78. The zero-order valence-electron chi connectivity index (χ0n) is 10.5. The lowest BCUT2D eigenvalue weighted by Gasteiger charge is -2.29. The van der Waals surface area contributed by atoms with Crippen molar-refractivity contribution in [2.45, 2.75) is 65.9 Å². The van der Waals surface area contributed by atoms with Gasteiger partial charge in [-0.2, -0.15) is 0 Å². The van der Waals surface area contributed by atoms with Crippen LogP contribution in [0.15, 0.2) is 0 Å². The molecule has 0 bridgehead atoms. The van der Waals surface area contributed by atoms with Crippen LogP contribution in [0.4, 0.5) is 0 Å². The van der Waals surface area contributed by atoms with Gasteiger partial charge in [0.05, 0.1) is 5.92 Å². The van der Waals surface area contributed by atoms with Crippen molar-refractivity contribution in [1.82, 2.24) is 0 Å². The van der Waals surface area contributed by atoms with Crippen molar-refractivity contribution in [3.63, 3.8) is 0 Å². The molecule has 0 heterocycles. The maximum absolute atomic E-state index is 11.8. The van der Waals surface area contributed by atoms with Crippen LogP contribution in [-0.2, 0) is 9.53 Å². The first kappa shape index (κ1) is 12.5. The molecule has 1 aliphatic carbocycles. The summed E-state index contributed by atoms with van der Waals surface area (Å²) >= 11 is 0. The molecule has 0 radical (unpaired) electrons. The summed E-state index contributed by atoms with van der Waals surface area (Å²) in [6.07, 6.45) is 6.02. The van der Waals surface area contributed by atoms with Gasteiger partial charge in [-0.3, -0.25) is 4.79 Å². The summed E-state index contributed by atoms with van der Waals surface area (Å²) in [6.45, 7) is 8.21.